The van der Waals surface area contributed by atoms with E-state index in [-0.39, 0.29) is 16.4 Å². The number of fused-ring (bicyclic) bond motifs is 1. The van der Waals surface area contributed by atoms with Crippen molar-refractivity contribution in [2.24, 2.45) is 5.73 Å². The molecule has 2 rings (SSSR count). The Labute approximate surface area is 91.3 Å². The number of thioether (sulfide) groups is 1. The van der Waals surface area contributed by atoms with E-state index in [1.807, 2.05) is 0 Å². The van der Waals surface area contributed by atoms with Gasteiger partial charge < -0.3 is 5.73 Å². The van der Waals surface area contributed by atoms with Crippen LogP contribution in [0.5, 0.6) is 0 Å². The highest BCUT2D eigenvalue weighted by Crippen LogP contribution is 2.47. The molecule has 2 aliphatic rings. The first-order chi connectivity index (χ1) is 6.65. The molecule has 0 aliphatic carbocycles. The van der Waals surface area contributed by atoms with Gasteiger partial charge >= 0.3 is 0 Å². The molecule has 0 radical (unpaired) electrons. The molecule has 6 heteroatoms. The van der Waals surface area contributed by atoms with Crippen LogP contribution < -0.4 is 5.73 Å². The molecule has 4 nitrogen and oxygen atoms in total. The maximum atomic E-state index is 11.2. The van der Waals surface area contributed by atoms with Gasteiger partial charge in [-0.05, 0) is 13.0 Å². The van der Waals surface area contributed by atoms with Crippen molar-refractivity contribution in [2.45, 2.75) is 18.2 Å². The standard InChI is InChI=1S/C8H10N2O2S2/c9-2-1-4-7(8(12)13)10-5(11)3-6(10)14-4/h6H,1-3,9H2,(H,12,13)/t6-/m1/s1. The normalized spacial score (nSPS) is 25.1. The van der Waals surface area contributed by atoms with Gasteiger partial charge in [-0.2, -0.15) is 0 Å². The lowest BCUT2D eigenvalue weighted by atomic mass is 10.1. The van der Waals surface area contributed by atoms with Crippen molar-refractivity contribution in [1.29, 1.82) is 0 Å². The summed E-state index contributed by atoms with van der Waals surface area (Å²) in [5.41, 5.74) is 5.88. The van der Waals surface area contributed by atoms with E-state index in [1.54, 1.807) is 11.8 Å². The van der Waals surface area contributed by atoms with Crippen LogP contribution in [-0.2, 0) is 9.59 Å². The highest BCUT2D eigenvalue weighted by molar-refractivity contribution is 8.04. The van der Waals surface area contributed by atoms with Crippen LogP contribution in [0.2, 0.25) is 0 Å². The Morgan fingerprint density at radius 2 is 2.43 bits per heavy atom. The SMILES string of the molecule is NCCC1=C(C(=O)S)N2C(=O)C[C@H]2S1. The molecule has 2 N–H and O–H groups in total. The predicted octanol–water partition coefficient (Wildman–Crippen LogP) is 0.308. The number of β-lactam (4-membered cyclic amide) rings is 1. The summed E-state index contributed by atoms with van der Waals surface area (Å²) >= 11 is 5.34. The lowest BCUT2D eigenvalue weighted by Crippen LogP contribution is -2.48. The van der Waals surface area contributed by atoms with E-state index in [0.717, 1.165) is 4.91 Å². The zero-order valence-corrected chi connectivity index (χ0v) is 9.11. The first-order valence-electron chi connectivity index (χ1n) is 4.30. The molecule has 1 fully saturated rings. The number of hydrogen-bond donors (Lipinski definition) is 2. The molecule has 0 bridgehead atoms. The zero-order chi connectivity index (χ0) is 10.3. The van der Waals surface area contributed by atoms with Gasteiger partial charge in [0, 0.05) is 4.91 Å². The van der Waals surface area contributed by atoms with Crippen molar-refractivity contribution in [3.05, 3.63) is 10.6 Å². The number of thiol groups is 1. The summed E-state index contributed by atoms with van der Waals surface area (Å²) in [6.45, 7) is 0.488. The summed E-state index contributed by atoms with van der Waals surface area (Å²) in [4.78, 5) is 24.9. The van der Waals surface area contributed by atoms with Crippen molar-refractivity contribution in [3.8, 4) is 0 Å². The number of hydrogen-bond acceptors (Lipinski definition) is 4. The van der Waals surface area contributed by atoms with Crippen molar-refractivity contribution in [1.82, 2.24) is 4.90 Å². The third-order valence-electron chi connectivity index (χ3n) is 2.26. The Kier molecular flexibility index (Phi) is 2.59. The molecule has 1 amide bonds. The van der Waals surface area contributed by atoms with Crippen LogP contribution in [0.3, 0.4) is 0 Å². The minimum absolute atomic E-state index is 0.00641. The summed E-state index contributed by atoms with van der Waals surface area (Å²) in [6, 6.07) is 0. The largest absolute Gasteiger partial charge is 0.330 e. The fourth-order valence-electron chi connectivity index (χ4n) is 1.64. The molecule has 0 unspecified atom stereocenters. The molecule has 0 aromatic heterocycles. The first kappa shape index (κ1) is 10.1. The van der Waals surface area contributed by atoms with E-state index >= 15 is 0 Å². The van der Waals surface area contributed by atoms with Crippen molar-refractivity contribution < 1.29 is 9.59 Å². The molecular weight excluding hydrogens is 220 g/mol. The number of rotatable bonds is 3. The molecule has 0 saturated carbocycles. The number of nitrogens with zero attached hydrogens (tertiary/aromatic N) is 1. The van der Waals surface area contributed by atoms with Gasteiger partial charge in [0.05, 0.1) is 11.8 Å². The topological polar surface area (TPSA) is 63.4 Å². The molecule has 2 heterocycles. The van der Waals surface area contributed by atoms with Crippen LogP contribution in [0.15, 0.2) is 10.6 Å². The molecule has 2 aliphatic heterocycles. The van der Waals surface area contributed by atoms with E-state index in [0.29, 0.717) is 25.1 Å². The molecule has 0 aromatic rings. The van der Waals surface area contributed by atoms with Crippen LogP contribution in [0, 0.1) is 0 Å². The lowest BCUT2D eigenvalue weighted by molar-refractivity contribution is -0.139. The van der Waals surface area contributed by atoms with Crippen molar-refractivity contribution >= 4 is 35.4 Å². The average Bonchev–Trinajstić information content (AvgIpc) is 2.39. The van der Waals surface area contributed by atoms with Crippen LogP contribution in [0.25, 0.3) is 0 Å². The Hall–Kier alpha value is -0.460. The van der Waals surface area contributed by atoms with Gasteiger partial charge in [0.15, 0.2) is 0 Å². The van der Waals surface area contributed by atoms with E-state index in [2.05, 4.69) is 12.6 Å². The van der Waals surface area contributed by atoms with Crippen molar-refractivity contribution in [3.63, 3.8) is 0 Å². The highest BCUT2D eigenvalue weighted by Gasteiger charge is 2.47. The molecular formula is C8H10N2O2S2. The van der Waals surface area contributed by atoms with Gasteiger partial charge in [-0.1, -0.05) is 12.6 Å². The number of carbonyl (C=O) groups excluding carboxylic acids is 2. The monoisotopic (exact) mass is 230 g/mol. The highest BCUT2D eigenvalue weighted by atomic mass is 32.2. The average molecular weight is 230 g/mol. The van der Waals surface area contributed by atoms with Gasteiger partial charge in [0.1, 0.15) is 5.70 Å². The smallest absolute Gasteiger partial charge is 0.233 e. The Morgan fingerprint density at radius 3 is 2.93 bits per heavy atom. The molecule has 76 valence electrons. The van der Waals surface area contributed by atoms with E-state index in [1.165, 1.54) is 4.90 Å². The molecule has 1 atom stereocenters. The van der Waals surface area contributed by atoms with Gasteiger partial charge in [0.25, 0.3) is 0 Å². The second kappa shape index (κ2) is 3.60. The summed E-state index contributed by atoms with van der Waals surface area (Å²) in [5.74, 6) is 0.00641. The fraction of sp³-hybridized carbons (Fsp3) is 0.500. The summed E-state index contributed by atoms with van der Waals surface area (Å²) in [5, 5.41) is -0.216. The molecule has 1 saturated heterocycles. The minimum Gasteiger partial charge on any atom is -0.330 e. The van der Waals surface area contributed by atoms with Crippen LogP contribution in [0.1, 0.15) is 12.8 Å². The maximum absolute atomic E-state index is 11.2. The van der Waals surface area contributed by atoms with E-state index < -0.39 is 0 Å². The molecule has 0 aromatic carbocycles. The minimum atomic E-state index is -0.337. The quantitative estimate of drug-likeness (QED) is 0.541. The Morgan fingerprint density at radius 1 is 1.71 bits per heavy atom. The summed E-state index contributed by atoms with van der Waals surface area (Å²) in [7, 11) is 0. The Bertz CT molecular complexity index is 340. The predicted molar refractivity (Wildman–Crippen MR) is 57.5 cm³/mol. The van der Waals surface area contributed by atoms with Gasteiger partial charge in [-0.25, -0.2) is 0 Å². The third kappa shape index (κ3) is 1.37. The summed E-state index contributed by atoms with van der Waals surface area (Å²) < 4.78 is 0. The fourth-order valence-corrected chi connectivity index (χ4v) is 3.37. The van der Waals surface area contributed by atoms with E-state index in [4.69, 9.17) is 5.73 Å². The first-order valence-corrected chi connectivity index (χ1v) is 5.63. The lowest BCUT2D eigenvalue weighted by Gasteiger charge is -2.34. The van der Waals surface area contributed by atoms with E-state index in [9.17, 15) is 9.59 Å². The van der Waals surface area contributed by atoms with Gasteiger partial charge in [-0.3, -0.25) is 14.5 Å². The maximum Gasteiger partial charge on any atom is 0.233 e. The number of amides is 1. The molecule has 0 spiro atoms. The molecule has 14 heavy (non-hydrogen) atoms. The Balaban J connectivity index is 2.28. The summed E-state index contributed by atoms with van der Waals surface area (Å²) in [6.07, 6.45) is 1.16. The van der Waals surface area contributed by atoms with Crippen LogP contribution in [0.4, 0.5) is 0 Å². The van der Waals surface area contributed by atoms with Gasteiger partial charge in [0.2, 0.25) is 11.0 Å². The van der Waals surface area contributed by atoms with Gasteiger partial charge in [-0.15, -0.1) is 11.8 Å². The van der Waals surface area contributed by atoms with Crippen LogP contribution >= 0.6 is 24.4 Å². The third-order valence-corrected chi connectivity index (χ3v) is 3.81. The zero-order valence-electron chi connectivity index (χ0n) is 7.40. The second-order valence-corrected chi connectivity index (χ2v) is 4.83. The number of carbonyl (C=O) groups is 2. The second-order valence-electron chi connectivity index (χ2n) is 3.16. The number of nitrogens with two attached hydrogens (primary N) is 1. The van der Waals surface area contributed by atoms with Crippen molar-refractivity contribution in [2.75, 3.05) is 6.54 Å². The van der Waals surface area contributed by atoms with Crippen LogP contribution in [-0.4, -0.2) is 27.8 Å².